The molecule has 0 saturated heterocycles. The average molecular weight is 463 g/mol. The molecule has 3 rings (SSSR count). The maximum atomic E-state index is 14.9. The Kier molecular flexibility index (Phi) is 10.8. The van der Waals surface area contributed by atoms with Crippen LogP contribution in [0.5, 0.6) is 0 Å². The van der Waals surface area contributed by atoms with Crippen molar-refractivity contribution in [2.45, 2.75) is 84.5 Å². The van der Waals surface area contributed by atoms with Crippen LogP contribution in [0.2, 0.25) is 0 Å². The monoisotopic (exact) mass is 462 g/mol. The van der Waals surface area contributed by atoms with Crippen LogP contribution in [0.3, 0.4) is 0 Å². The van der Waals surface area contributed by atoms with E-state index in [1.807, 2.05) is 54.6 Å². The molecule has 0 N–H and O–H groups in total. The Bertz CT molecular complexity index is 976. The van der Waals surface area contributed by atoms with Gasteiger partial charge in [0.15, 0.2) is 11.6 Å². The van der Waals surface area contributed by atoms with Crippen LogP contribution in [-0.2, 0) is 6.42 Å². The fourth-order valence-corrected chi connectivity index (χ4v) is 4.83. The summed E-state index contributed by atoms with van der Waals surface area (Å²) in [7, 11) is 0. The van der Waals surface area contributed by atoms with Crippen LogP contribution in [0.1, 0.15) is 83.6 Å². The Morgan fingerprint density at radius 2 is 1.21 bits per heavy atom. The number of rotatable bonds is 14. The molecule has 34 heavy (non-hydrogen) atoms. The molecule has 3 aromatic rings. The Morgan fingerprint density at radius 3 is 1.91 bits per heavy atom. The van der Waals surface area contributed by atoms with Crippen LogP contribution in [0.15, 0.2) is 66.7 Å². The van der Waals surface area contributed by atoms with Crippen LogP contribution in [0, 0.1) is 17.6 Å². The fraction of sp³-hybridized carbons (Fsp3) is 0.438. The summed E-state index contributed by atoms with van der Waals surface area (Å²) in [5.41, 5.74) is 3.70. The van der Waals surface area contributed by atoms with Crippen LogP contribution in [0.25, 0.3) is 22.3 Å². The van der Waals surface area contributed by atoms with Crippen molar-refractivity contribution >= 4 is 0 Å². The third-order valence-electron chi connectivity index (χ3n) is 7.07. The van der Waals surface area contributed by atoms with Gasteiger partial charge in [0, 0.05) is 5.56 Å². The zero-order valence-electron chi connectivity index (χ0n) is 21.0. The molecule has 3 aromatic carbocycles. The molecule has 182 valence electrons. The number of benzene rings is 3. The van der Waals surface area contributed by atoms with Gasteiger partial charge in [-0.1, -0.05) is 138 Å². The largest absolute Gasteiger partial charge is 0.203 e. The van der Waals surface area contributed by atoms with Crippen molar-refractivity contribution < 1.29 is 8.78 Å². The van der Waals surface area contributed by atoms with Crippen LogP contribution >= 0.6 is 0 Å². The molecule has 0 aliphatic rings. The predicted octanol–water partition coefficient (Wildman–Crippen LogP) is 10.4. The van der Waals surface area contributed by atoms with E-state index in [-0.39, 0.29) is 0 Å². The minimum Gasteiger partial charge on any atom is -0.203 e. The van der Waals surface area contributed by atoms with E-state index in [0.29, 0.717) is 29.0 Å². The zero-order chi connectivity index (χ0) is 24.2. The van der Waals surface area contributed by atoms with Crippen molar-refractivity contribution in [2.75, 3.05) is 0 Å². The van der Waals surface area contributed by atoms with Gasteiger partial charge < -0.3 is 0 Å². The first kappa shape index (κ1) is 26.1. The molecule has 0 aromatic heterocycles. The minimum absolute atomic E-state index is 0.329. The molecule has 0 nitrogen and oxygen atoms in total. The topological polar surface area (TPSA) is 0 Å². The predicted molar refractivity (Wildman–Crippen MR) is 142 cm³/mol. The summed E-state index contributed by atoms with van der Waals surface area (Å²) in [6.45, 7) is 4.50. The molecule has 0 spiro atoms. The van der Waals surface area contributed by atoms with Gasteiger partial charge in [0.25, 0.3) is 0 Å². The molecule has 0 bridgehead atoms. The van der Waals surface area contributed by atoms with E-state index >= 15 is 0 Å². The Morgan fingerprint density at radius 1 is 0.588 bits per heavy atom. The lowest BCUT2D eigenvalue weighted by atomic mass is 9.91. The number of aryl methyl sites for hydroxylation is 1. The second-order valence-electron chi connectivity index (χ2n) is 9.57. The molecule has 0 heterocycles. The lowest BCUT2D eigenvalue weighted by molar-refractivity contribution is 0.399. The molecule has 1 atom stereocenters. The summed E-state index contributed by atoms with van der Waals surface area (Å²) in [5, 5.41) is 0. The Balaban J connectivity index is 1.54. The van der Waals surface area contributed by atoms with Crippen LogP contribution < -0.4 is 0 Å². The smallest absolute Gasteiger partial charge is 0.166 e. The molecule has 2 heteroatoms. The van der Waals surface area contributed by atoms with Gasteiger partial charge in [-0.2, -0.15) is 0 Å². The van der Waals surface area contributed by atoms with Gasteiger partial charge in [-0.05, 0) is 41.0 Å². The fourth-order valence-electron chi connectivity index (χ4n) is 4.83. The zero-order valence-corrected chi connectivity index (χ0v) is 21.0. The van der Waals surface area contributed by atoms with E-state index in [4.69, 9.17) is 0 Å². The number of halogens is 2. The number of unbranched alkanes of at least 4 members (excludes halogenated alkanes) is 5. The number of hydrogen-bond acceptors (Lipinski definition) is 0. The standard InChI is InChI=1S/C32H40F2/c1-3-5-6-7-8-10-14-25(4-2)15-13-18-29-23-24-30(32(34)31(29)33)28-21-19-27(20-22-28)26-16-11-9-12-17-26/h9,11-12,16-17,19-25H,3-8,10,13-15,18H2,1-2H3. The molecule has 0 radical (unpaired) electrons. The average Bonchev–Trinajstić information content (AvgIpc) is 2.88. The SMILES string of the molecule is CCCCCCCCC(CC)CCCc1ccc(-c2ccc(-c3ccccc3)cc2)c(F)c1F. The quantitative estimate of drug-likeness (QED) is 0.209. The van der Waals surface area contributed by atoms with Crippen molar-refractivity contribution in [3.05, 3.63) is 83.9 Å². The molecule has 0 aliphatic carbocycles. The molecule has 0 saturated carbocycles. The summed E-state index contributed by atoms with van der Waals surface area (Å²) in [5.74, 6) is -0.723. The number of hydrogen-bond donors (Lipinski definition) is 0. The van der Waals surface area contributed by atoms with Gasteiger partial charge in [-0.25, -0.2) is 8.78 Å². The second kappa shape index (κ2) is 14.0. The first-order valence-electron chi connectivity index (χ1n) is 13.3. The Hall–Kier alpha value is -2.48. The molecule has 0 amide bonds. The van der Waals surface area contributed by atoms with E-state index in [0.717, 1.165) is 24.0 Å². The first-order valence-corrected chi connectivity index (χ1v) is 13.3. The molecule has 1 unspecified atom stereocenters. The molecular weight excluding hydrogens is 422 g/mol. The summed E-state index contributed by atoms with van der Waals surface area (Å²) in [6.07, 6.45) is 13.0. The van der Waals surface area contributed by atoms with Crippen molar-refractivity contribution in [3.8, 4) is 22.3 Å². The summed E-state index contributed by atoms with van der Waals surface area (Å²) >= 11 is 0. The summed E-state index contributed by atoms with van der Waals surface area (Å²) in [6, 6.07) is 21.2. The first-order chi connectivity index (χ1) is 16.6. The van der Waals surface area contributed by atoms with Gasteiger partial charge >= 0.3 is 0 Å². The van der Waals surface area contributed by atoms with Gasteiger partial charge in [0.05, 0.1) is 0 Å². The van der Waals surface area contributed by atoms with Crippen molar-refractivity contribution in [1.29, 1.82) is 0 Å². The third kappa shape index (κ3) is 7.52. The lowest BCUT2D eigenvalue weighted by Crippen LogP contribution is -2.02. The van der Waals surface area contributed by atoms with Gasteiger partial charge in [-0.3, -0.25) is 0 Å². The highest BCUT2D eigenvalue weighted by Gasteiger charge is 2.15. The lowest BCUT2D eigenvalue weighted by Gasteiger charge is -2.15. The highest BCUT2D eigenvalue weighted by atomic mass is 19.2. The van der Waals surface area contributed by atoms with Gasteiger partial charge in [0.1, 0.15) is 0 Å². The van der Waals surface area contributed by atoms with E-state index in [1.165, 1.54) is 51.4 Å². The van der Waals surface area contributed by atoms with Crippen LogP contribution in [-0.4, -0.2) is 0 Å². The van der Waals surface area contributed by atoms with Crippen LogP contribution in [0.4, 0.5) is 8.78 Å². The van der Waals surface area contributed by atoms with E-state index < -0.39 is 11.6 Å². The van der Waals surface area contributed by atoms with E-state index in [2.05, 4.69) is 13.8 Å². The highest BCUT2D eigenvalue weighted by Crippen LogP contribution is 2.30. The molecule has 0 fully saturated rings. The summed E-state index contributed by atoms with van der Waals surface area (Å²) < 4.78 is 29.8. The molecule has 0 aliphatic heterocycles. The Labute approximate surface area is 205 Å². The maximum Gasteiger partial charge on any atom is 0.166 e. The van der Waals surface area contributed by atoms with Gasteiger partial charge in [0.2, 0.25) is 0 Å². The van der Waals surface area contributed by atoms with Gasteiger partial charge in [-0.15, -0.1) is 0 Å². The maximum absolute atomic E-state index is 14.9. The third-order valence-corrected chi connectivity index (χ3v) is 7.07. The minimum atomic E-state index is -0.732. The normalized spacial score (nSPS) is 12.1. The van der Waals surface area contributed by atoms with E-state index in [1.54, 1.807) is 12.1 Å². The van der Waals surface area contributed by atoms with E-state index in [9.17, 15) is 8.78 Å². The van der Waals surface area contributed by atoms with Crippen molar-refractivity contribution in [3.63, 3.8) is 0 Å². The van der Waals surface area contributed by atoms with Crippen molar-refractivity contribution in [2.24, 2.45) is 5.92 Å². The molecular formula is C32H40F2. The van der Waals surface area contributed by atoms with Crippen molar-refractivity contribution in [1.82, 2.24) is 0 Å². The second-order valence-corrected chi connectivity index (χ2v) is 9.57. The highest BCUT2D eigenvalue weighted by molar-refractivity contribution is 5.71. The summed E-state index contributed by atoms with van der Waals surface area (Å²) in [4.78, 5) is 0.